The van der Waals surface area contributed by atoms with Crippen LogP contribution in [0, 0.1) is 17.2 Å². The quantitative estimate of drug-likeness (QED) is 0.773. The summed E-state index contributed by atoms with van der Waals surface area (Å²) in [5.41, 5.74) is 0.787. The van der Waals surface area contributed by atoms with Crippen molar-refractivity contribution in [1.29, 1.82) is 5.26 Å². The number of hydrogen-bond acceptors (Lipinski definition) is 4. The van der Waals surface area contributed by atoms with Crippen LogP contribution in [0.4, 0.5) is 5.69 Å². The van der Waals surface area contributed by atoms with Gasteiger partial charge in [0.25, 0.3) is 0 Å². The first-order valence-corrected chi connectivity index (χ1v) is 6.02. The van der Waals surface area contributed by atoms with Crippen LogP contribution in [0.3, 0.4) is 0 Å². The van der Waals surface area contributed by atoms with E-state index in [-0.39, 0.29) is 18.9 Å². The highest BCUT2D eigenvalue weighted by molar-refractivity contribution is 6.31. The maximum absolute atomic E-state index is 12.0. The topological polar surface area (TPSA) is 70.4 Å². The Labute approximate surface area is 115 Å². The van der Waals surface area contributed by atoms with Gasteiger partial charge in [-0.1, -0.05) is 11.6 Å². The summed E-state index contributed by atoms with van der Waals surface area (Å²) in [6.45, 7) is 0.209. The molecule has 1 unspecified atom stereocenters. The van der Waals surface area contributed by atoms with Crippen molar-refractivity contribution >= 4 is 29.2 Å². The second kappa shape index (κ2) is 5.29. The molecule has 1 aromatic carbocycles. The first-order chi connectivity index (χ1) is 9.06. The van der Waals surface area contributed by atoms with E-state index < -0.39 is 11.9 Å². The van der Waals surface area contributed by atoms with Gasteiger partial charge in [0, 0.05) is 18.0 Å². The van der Waals surface area contributed by atoms with Gasteiger partial charge in [0.05, 0.1) is 24.3 Å². The summed E-state index contributed by atoms with van der Waals surface area (Å²) in [4.78, 5) is 24.8. The number of anilines is 1. The lowest BCUT2D eigenvalue weighted by Crippen LogP contribution is -2.26. The predicted octanol–water partition coefficient (Wildman–Crippen LogP) is 1.74. The molecular formula is C13H11ClN2O3. The molecule has 19 heavy (non-hydrogen) atoms. The normalized spacial score (nSPS) is 18.3. The molecule has 6 heteroatoms. The van der Waals surface area contributed by atoms with Crippen LogP contribution < -0.4 is 4.90 Å². The third kappa shape index (κ3) is 2.54. The Morgan fingerprint density at radius 3 is 2.95 bits per heavy atom. The Balaban J connectivity index is 2.33. The van der Waals surface area contributed by atoms with Crippen LogP contribution in [-0.4, -0.2) is 25.5 Å². The van der Waals surface area contributed by atoms with Crippen molar-refractivity contribution < 1.29 is 14.3 Å². The van der Waals surface area contributed by atoms with Crippen molar-refractivity contribution in [1.82, 2.24) is 0 Å². The fraction of sp³-hybridized carbons (Fsp3) is 0.308. The third-order valence-electron chi connectivity index (χ3n) is 3.03. The molecular weight excluding hydrogens is 268 g/mol. The van der Waals surface area contributed by atoms with Crippen LogP contribution in [-0.2, 0) is 14.3 Å². The number of rotatable bonds is 2. The minimum atomic E-state index is -0.497. The molecule has 98 valence electrons. The third-order valence-corrected chi connectivity index (χ3v) is 3.27. The zero-order valence-corrected chi connectivity index (χ0v) is 11.0. The number of carbonyl (C=O) groups excluding carboxylic acids is 2. The molecule has 5 nitrogen and oxygen atoms in total. The molecule has 0 aromatic heterocycles. The monoisotopic (exact) mass is 278 g/mol. The average Bonchev–Trinajstić information content (AvgIpc) is 2.79. The molecule has 0 radical (unpaired) electrons. The van der Waals surface area contributed by atoms with Crippen LogP contribution in [0.15, 0.2) is 18.2 Å². The van der Waals surface area contributed by atoms with E-state index in [1.165, 1.54) is 12.0 Å². The Morgan fingerprint density at radius 1 is 1.58 bits per heavy atom. The molecule has 1 atom stereocenters. The molecule has 1 amide bonds. The van der Waals surface area contributed by atoms with Crippen LogP contribution in [0.25, 0.3) is 0 Å². The maximum atomic E-state index is 12.0. The summed E-state index contributed by atoms with van der Waals surface area (Å²) in [5.74, 6) is -1.13. The van der Waals surface area contributed by atoms with Crippen LogP contribution >= 0.6 is 11.6 Å². The molecule has 1 aliphatic rings. The zero-order chi connectivity index (χ0) is 14.0. The molecule has 0 aliphatic carbocycles. The van der Waals surface area contributed by atoms with Gasteiger partial charge in [-0.15, -0.1) is 0 Å². The molecule has 1 aliphatic heterocycles. The Hall–Kier alpha value is -2.06. The smallest absolute Gasteiger partial charge is 0.311 e. The number of halogens is 1. The summed E-state index contributed by atoms with van der Waals surface area (Å²) in [6.07, 6.45) is 0.0874. The minimum absolute atomic E-state index is 0.0874. The Morgan fingerprint density at radius 2 is 2.32 bits per heavy atom. The number of nitriles is 1. The summed E-state index contributed by atoms with van der Waals surface area (Å²) in [7, 11) is 1.29. The summed E-state index contributed by atoms with van der Waals surface area (Å²) < 4.78 is 4.64. The van der Waals surface area contributed by atoms with E-state index >= 15 is 0 Å². The Kier molecular flexibility index (Phi) is 3.72. The fourth-order valence-electron chi connectivity index (χ4n) is 2.09. The lowest BCUT2D eigenvalue weighted by atomic mass is 10.1. The number of ether oxygens (including phenoxy) is 1. The van der Waals surface area contributed by atoms with E-state index in [1.807, 2.05) is 6.07 Å². The molecule has 0 N–H and O–H groups in total. The minimum Gasteiger partial charge on any atom is -0.469 e. The number of amides is 1. The van der Waals surface area contributed by atoms with Gasteiger partial charge in [0.1, 0.15) is 6.07 Å². The van der Waals surface area contributed by atoms with Gasteiger partial charge in [-0.25, -0.2) is 0 Å². The largest absolute Gasteiger partial charge is 0.469 e. The highest BCUT2D eigenvalue weighted by atomic mass is 35.5. The highest BCUT2D eigenvalue weighted by Crippen LogP contribution is 2.30. The second-order valence-corrected chi connectivity index (χ2v) is 4.64. The van der Waals surface area contributed by atoms with Crippen molar-refractivity contribution in [3.8, 4) is 6.07 Å². The maximum Gasteiger partial charge on any atom is 0.311 e. The molecule has 2 rings (SSSR count). The number of benzene rings is 1. The predicted molar refractivity (Wildman–Crippen MR) is 68.6 cm³/mol. The van der Waals surface area contributed by atoms with Crippen molar-refractivity contribution in [2.24, 2.45) is 5.92 Å². The average molecular weight is 279 g/mol. The van der Waals surface area contributed by atoms with E-state index in [4.69, 9.17) is 16.9 Å². The molecule has 1 saturated heterocycles. The van der Waals surface area contributed by atoms with Gasteiger partial charge in [0.15, 0.2) is 0 Å². The molecule has 0 spiro atoms. The highest BCUT2D eigenvalue weighted by Gasteiger charge is 2.36. The zero-order valence-electron chi connectivity index (χ0n) is 10.2. The number of esters is 1. The van der Waals surface area contributed by atoms with E-state index in [0.29, 0.717) is 16.3 Å². The standard InChI is InChI=1S/C13H11ClN2O3/c1-19-13(18)9-4-12(17)16(7-9)11-5-10(14)3-2-8(11)6-15/h2-3,5,9H,4,7H2,1H3. The van der Waals surface area contributed by atoms with Crippen LogP contribution in [0.2, 0.25) is 5.02 Å². The molecule has 1 fully saturated rings. The lowest BCUT2D eigenvalue weighted by molar-refractivity contribution is -0.145. The number of carbonyl (C=O) groups is 2. The van der Waals surface area contributed by atoms with Crippen molar-refractivity contribution in [2.75, 3.05) is 18.6 Å². The van der Waals surface area contributed by atoms with E-state index in [0.717, 1.165) is 0 Å². The van der Waals surface area contributed by atoms with Gasteiger partial charge in [0.2, 0.25) is 5.91 Å². The number of methoxy groups -OCH3 is 1. The molecule has 1 heterocycles. The van der Waals surface area contributed by atoms with E-state index in [2.05, 4.69) is 4.74 Å². The van der Waals surface area contributed by atoms with Gasteiger partial charge >= 0.3 is 5.97 Å². The first kappa shape index (κ1) is 13.4. The van der Waals surface area contributed by atoms with E-state index in [9.17, 15) is 9.59 Å². The van der Waals surface area contributed by atoms with Gasteiger partial charge < -0.3 is 9.64 Å². The van der Waals surface area contributed by atoms with Crippen LogP contribution in [0.1, 0.15) is 12.0 Å². The lowest BCUT2D eigenvalue weighted by Gasteiger charge is -2.18. The van der Waals surface area contributed by atoms with Gasteiger partial charge in [-0.05, 0) is 18.2 Å². The van der Waals surface area contributed by atoms with Crippen molar-refractivity contribution in [3.05, 3.63) is 28.8 Å². The molecule has 0 bridgehead atoms. The Bertz CT molecular complexity index is 580. The number of nitrogens with zero attached hydrogens (tertiary/aromatic N) is 2. The van der Waals surface area contributed by atoms with Crippen molar-refractivity contribution in [3.63, 3.8) is 0 Å². The summed E-state index contributed by atoms with van der Waals surface area (Å²) in [5, 5.41) is 9.49. The molecule has 1 aromatic rings. The van der Waals surface area contributed by atoms with Gasteiger partial charge in [-0.3, -0.25) is 9.59 Å². The fourth-order valence-corrected chi connectivity index (χ4v) is 2.25. The summed E-state index contributed by atoms with van der Waals surface area (Å²) in [6, 6.07) is 6.70. The number of hydrogen-bond donors (Lipinski definition) is 0. The van der Waals surface area contributed by atoms with Crippen LogP contribution in [0.5, 0.6) is 0 Å². The van der Waals surface area contributed by atoms with E-state index in [1.54, 1.807) is 18.2 Å². The SMILES string of the molecule is COC(=O)C1CC(=O)N(c2cc(Cl)ccc2C#N)C1. The first-order valence-electron chi connectivity index (χ1n) is 5.64. The van der Waals surface area contributed by atoms with Crippen molar-refractivity contribution in [2.45, 2.75) is 6.42 Å². The summed E-state index contributed by atoms with van der Waals surface area (Å²) >= 11 is 5.89. The molecule has 0 saturated carbocycles. The van der Waals surface area contributed by atoms with Gasteiger partial charge in [-0.2, -0.15) is 5.26 Å². The second-order valence-electron chi connectivity index (χ2n) is 4.20.